The van der Waals surface area contributed by atoms with Gasteiger partial charge in [0.2, 0.25) is 0 Å². The van der Waals surface area contributed by atoms with Gasteiger partial charge in [-0.05, 0) is 67.3 Å². The molecule has 3 nitrogen and oxygen atoms in total. The normalized spacial score (nSPS) is 18.0. The molecule has 3 rings (SSSR count). The van der Waals surface area contributed by atoms with Crippen LogP contribution in [0, 0.1) is 11.8 Å². The molecule has 1 aromatic carbocycles. The van der Waals surface area contributed by atoms with Crippen molar-refractivity contribution in [2.24, 2.45) is 11.8 Å². The zero-order valence-electron chi connectivity index (χ0n) is 22.6. The van der Waals surface area contributed by atoms with Crippen LogP contribution in [0.4, 0.5) is 0 Å². The van der Waals surface area contributed by atoms with E-state index in [1.54, 1.807) is 0 Å². The summed E-state index contributed by atoms with van der Waals surface area (Å²) in [4.78, 5) is 9.20. The molecule has 194 valence electrons. The number of hydrogen-bond donors (Lipinski definition) is 0. The van der Waals surface area contributed by atoms with Crippen LogP contribution in [-0.4, -0.2) is 16.6 Å². The van der Waals surface area contributed by atoms with Crippen molar-refractivity contribution in [1.82, 2.24) is 9.97 Å². The van der Waals surface area contributed by atoms with Gasteiger partial charge in [-0.25, -0.2) is 9.97 Å². The van der Waals surface area contributed by atoms with E-state index in [4.69, 9.17) is 4.74 Å². The van der Waals surface area contributed by atoms with E-state index in [9.17, 15) is 0 Å². The highest BCUT2D eigenvalue weighted by molar-refractivity contribution is 5.55. The molecule has 35 heavy (non-hydrogen) atoms. The Morgan fingerprint density at radius 2 is 1.26 bits per heavy atom. The van der Waals surface area contributed by atoms with Gasteiger partial charge in [-0.2, -0.15) is 0 Å². The van der Waals surface area contributed by atoms with E-state index in [1.165, 1.54) is 102 Å². The van der Waals surface area contributed by atoms with Crippen molar-refractivity contribution in [3.63, 3.8) is 0 Å². The first-order chi connectivity index (χ1) is 17.3. The summed E-state index contributed by atoms with van der Waals surface area (Å²) in [6.45, 7) is 5.38. The molecule has 1 aromatic heterocycles. The molecule has 0 N–H and O–H groups in total. The summed E-state index contributed by atoms with van der Waals surface area (Å²) in [7, 11) is 0. The molecule has 0 bridgehead atoms. The Balaban J connectivity index is 1.29. The van der Waals surface area contributed by atoms with Crippen LogP contribution in [0.2, 0.25) is 0 Å². The lowest BCUT2D eigenvalue weighted by Crippen LogP contribution is -2.15. The Hall–Kier alpha value is -1.90. The van der Waals surface area contributed by atoms with E-state index >= 15 is 0 Å². The average Bonchev–Trinajstić information content (AvgIpc) is 2.90. The summed E-state index contributed by atoms with van der Waals surface area (Å²) in [5.74, 6) is 3.68. The van der Waals surface area contributed by atoms with Crippen LogP contribution in [0.25, 0.3) is 11.4 Å². The molecule has 0 radical (unpaired) electrons. The molecular formula is C32H50N2O. The van der Waals surface area contributed by atoms with E-state index < -0.39 is 0 Å². The monoisotopic (exact) mass is 478 g/mol. The van der Waals surface area contributed by atoms with Gasteiger partial charge in [0.25, 0.3) is 0 Å². The van der Waals surface area contributed by atoms with E-state index in [2.05, 4.69) is 48.1 Å². The smallest absolute Gasteiger partial charge is 0.159 e. The Morgan fingerprint density at radius 1 is 0.686 bits per heavy atom. The summed E-state index contributed by atoms with van der Waals surface area (Å²) >= 11 is 0. The maximum atomic E-state index is 6.04. The third-order valence-corrected chi connectivity index (χ3v) is 7.84. The summed E-state index contributed by atoms with van der Waals surface area (Å²) in [5, 5.41) is 0. The fourth-order valence-corrected chi connectivity index (χ4v) is 5.50. The van der Waals surface area contributed by atoms with Crippen LogP contribution in [0.15, 0.2) is 36.7 Å². The third kappa shape index (κ3) is 10.7. The predicted molar refractivity (Wildman–Crippen MR) is 149 cm³/mol. The molecule has 0 atom stereocenters. The fourth-order valence-electron chi connectivity index (χ4n) is 5.50. The lowest BCUT2D eigenvalue weighted by Gasteiger charge is -2.28. The average molecular weight is 479 g/mol. The van der Waals surface area contributed by atoms with Crippen molar-refractivity contribution in [2.45, 2.75) is 123 Å². The number of aromatic nitrogens is 2. The van der Waals surface area contributed by atoms with Crippen LogP contribution in [0.5, 0.6) is 5.75 Å². The minimum Gasteiger partial charge on any atom is -0.494 e. The topological polar surface area (TPSA) is 35.0 Å². The summed E-state index contributed by atoms with van der Waals surface area (Å²) < 4.78 is 6.04. The maximum Gasteiger partial charge on any atom is 0.159 e. The van der Waals surface area contributed by atoms with Gasteiger partial charge in [-0.15, -0.1) is 0 Å². The van der Waals surface area contributed by atoms with Gasteiger partial charge in [0, 0.05) is 18.0 Å². The van der Waals surface area contributed by atoms with E-state index in [-0.39, 0.29) is 0 Å². The van der Waals surface area contributed by atoms with E-state index in [0.29, 0.717) is 0 Å². The Bertz CT molecular complexity index is 778. The molecule has 2 aromatic rings. The van der Waals surface area contributed by atoms with Crippen molar-refractivity contribution in [3.05, 3.63) is 42.2 Å². The van der Waals surface area contributed by atoms with Gasteiger partial charge < -0.3 is 4.74 Å². The van der Waals surface area contributed by atoms with Crippen LogP contribution in [0.1, 0.15) is 122 Å². The molecule has 1 fully saturated rings. The summed E-state index contributed by atoms with van der Waals surface area (Å²) in [5.41, 5.74) is 2.30. The second kappa shape index (κ2) is 16.7. The lowest BCUT2D eigenvalue weighted by molar-refractivity contribution is 0.228. The predicted octanol–water partition coefficient (Wildman–Crippen LogP) is 9.59. The van der Waals surface area contributed by atoms with E-state index in [1.807, 2.05) is 12.4 Å². The van der Waals surface area contributed by atoms with Gasteiger partial charge in [0.1, 0.15) is 5.75 Å². The first-order valence-electron chi connectivity index (χ1n) is 14.8. The SMILES string of the molecule is CCCCCCCc1cnc(-c2ccc(OCCCC3CCC(CCCCCC)CC3)cc2)nc1. The largest absolute Gasteiger partial charge is 0.494 e. The highest BCUT2D eigenvalue weighted by Crippen LogP contribution is 2.34. The second-order valence-electron chi connectivity index (χ2n) is 10.8. The van der Waals surface area contributed by atoms with Gasteiger partial charge in [-0.3, -0.25) is 0 Å². The number of aryl methyl sites for hydroxylation is 1. The molecule has 1 heterocycles. The number of ether oxygens (including phenoxy) is 1. The lowest BCUT2D eigenvalue weighted by atomic mass is 9.78. The third-order valence-electron chi connectivity index (χ3n) is 7.84. The van der Waals surface area contributed by atoms with Crippen molar-refractivity contribution in [3.8, 4) is 17.1 Å². The molecule has 1 aliphatic carbocycles. The molecule has 1 saturated carbocycles. The highest BCUT2D eigenvalue weighted by Gasteiger charge is 2.20. The second-order valence-corrected chi connectivity index (χ2v) is 10.8. The minimum absolute atomic E-state index is 0.798. The Morgan fingerprint density at radius 3 is 1.89 bits per heavy atom. The molecule has 0 spiro atoms. The standard InChI is InChI=1S/C32H50N2O/c1-3-5-7-9-11-14-29-25-33-32(34-26-29)30-20-22-31(23-21-30)35-24-12-15-28-18-16-27(17-19-28)13-10-8-6-4-2/h20-23,25-28H,3-19,24H2,1-2H3. The van der Waals surface area contributed by atoms with Gasteiger partial charge >= 0.3 is 0 Å². The molecule has 1 aliphatic rings. The molecule has 0 amide bonds. The zero-order valence-corrected chi connectivity index (χ0v) is 22.6. The van der Waals surface area contributed by atoms with Crippen LogP contribution in [0.3, 0.4) is 0 Å². The van der Waals surface area contributed by atoms with Gasteiger partial charge in [-0.1, -0.05) is 97.3 Å². The number of nitrogens with zero attached hydrogens (tertiary/aromatic N) is 2. The van der Waals surface area contributed by atoms with E-state index in [0.717, 1.165) is 48.4 Å². The van der Waals surface area contributed by atoms with Crippen molar-refractivity contribution >= 4 is 0 Å². The molecule has 0 saturated heterocycles. The number of unbranched alkanes of at least 4 members (excludes halogenated alkanes) is 7. The van der Waals surface area contributed by atoms with Crippen molar-refractivity contribution < 1.29 is 4.74 Å². The van der Waals surface area contributed by atoms with Crippen LogP contribution in [-0.2, 0) is 6.42 Å². The first kappa shape index (κ1) is 27.7. The minimum atomic E-state index is 0.798. The zero-order chi connectivity index (χ0) is 24.6. The van der Waals surface area contributed by atoms with Gasteiger partial charge in [0.15, 0.2) is 5.82 Å². The van der Waals surface area contributed by atoms with Crippen molar-refractivity contribution in [2.75, 3.05) is 6.61 Å². The van der Waals surface area contributed by atoms with Crippen LogP contribution < -0.4 is 4.74 Å². The molecular weight excluding hydrogens is 428 g/mol. The van der Waals surface area contributed by atoms with Crippen molar-refractivity contribution in [1.29, 1.82) is 0 Å². The number of hydrogen-bond acceptors (Lipinski definition) is 3. The quantitative estimate of drug-likeness (QED) is 0.212. The highest BCUT2D eigenvalue weighted by atomic mass is 16.5. The number of benzene rings is 1. The molecule has 3 heteroatoms. The molecule has 0 aliphatic heterocycles. The number of rotatable bonds is 17. The summed E-state index contributed by atoms with van der Waals surface area (Å²) in [6.07, 6.45) is 27.0. The van der Waals surface area contributed by atoms with Gasteiger partial charge in [0.05, 0.1) is 6.61 Å². The first-order valence-corrected chi connectivity index (χ1v) is 14.8. The molecule has 0 unspecified atom stereocenters. The maximum absolute atomic E-state index is 6.04. The van der Waals surface area contributed by atoms with Crippen LogP contribution >= 0.6 is 0 Å². The Labute approximate surface area is 215 Å². The Kier molecular flexibility index (Phi) is 13.2. The fraction of sp³-hybridized carbons (Fsp3) is 0.688. The summed E-state index contributed by atoms with van der Waals surface area (Å²) in [6, 6.07) is 8.28.